The Kier molecular flexibility index (Phi) is 8.26. The number of hydrogen-bond acceptors (Lipinski definition) is 5. The molecule has 174 valence electrons. The highest BCUT2D eigenvalue weighted by molar-refractivity contribution is 7.08. The third kappa shape index (κ3) is 6.28. The van der Waals surface area contributed by atoms with Gasteiger partial charge in [-0.25, -0.2) is 0 Å². The molecule has 1 atom stereocenters. The average Bonchev–Trinajstić information content (AvgIpc) is 3.38. The van der Waals surface area contributed by atoms with Crippen LogP contribution in [0, 0.1) is 5.92 Å². The van der Waals surface area contributed by atoms with Gasteiger partial charge in [0.1, 0.15) is 6.61 Å². The Balaban J connectivity index is 1.28. The van der Waals surface area contributed by atoms with Crippen LogP contribution in [-0.2, 0) is 4.79 Å². The van der Waals surface area contributed by atoms with Crippen molar-refractivity contribution in [2.24, 2.45) is 5.92 Å². The number of likely N-dealkylation sites (tertiary alicyclic amines) is 1. The maximum absolute atomic E-state index is 13.1. The summed E-state index contributed by atoms with van der Waals surface area (Å²) >= 11 is 7.70. The molecular formula is C26H29ClN2O3S. The summed E-state index contributed by atoms with van der Waals surface area (Å²) < 4.78 is 11.2. The van der Waals surface area contributed by atoms with E-state index < -0.39 is 0 Å². The second-order valence-electron chi connectivity index (χ2n) is 8.17. The number of carbonyl (C=O) groups is 1. The van der Waals surface area contributed by atoms with Crippen molar-refractivity contribution in [3.8, 4) is 11.5 Å². The summed E-state index contributed by atoms with van der Waals surface area (Å²) in [6.45, 7) is 3.19. The molecule has 1 aliphatic rings. The van der Waals surface area contributed by atoms with Crippen molar-refractivity contribution in [2.75, 3.05) is 33.4 Å². The topological polar surface area (TPSA) is 50.8 Å². The molecule has 2 heterocycles. The van der Waals surface area contributed by atoms with Crippen LogP contribution >= 0.6 is 22.9 Å². The van der Waals surface area contributed by atoms with Crippen molar-refractivity contribution in [2.45, 2.75) is 18.9 Å². The van der Waals surface area contributed by atoms with Gasteiger partial charge in [-0.2, -0.15) is 11.3 Å². The fraction of sp³-hybridized carbons (Fsp3) is 0.346. The van der Waals surface area contributed by atoms with Crippen LogP contribution in [-0.4, -0.2) is 44.2 Å². The van der Waals surface area contributed by atoms with Crippen molar-refractivity contribution >= 4 is 28.8 Å². The molecule has 0 bridgehead atoms. The summed E-state index contributed by atoms with van der Waals surface area (Å²) in [5.41, 5.74) is 2.14. The average molecular weight is 485 g/mol. The second-order valence-corrected chi connectivity index (χ2v) is 9.38. The van der Waals surface area contributed by atoms with Crippen LogP contribution in [0.25, 0.3) is 0 Å². The van der Waals surface area contributed by atoms with Gasteiger partial charge in [0.2, 0.25) is 5.91 Å². The van der Waals surface area contributed by atoms with Gasteiger partial charge in [0.05, 0.1) is 13.2 Å². The van der Waals surface area contributed by atoms with Gasteiger partial charge < -0.3 is 14.8 Å². The number of piperidine rings is 1. The standard InChI is InChI=1S/C26H29ClN2O3S/c1-31-23-4-2-3-5-24(23)32-16-15-29-13-10-20(11-14-29)26(30)28-25(21-12-17-33-18-21)19-6-8-22(27)9-7-19/h2-9,12,17-18,20,25H,10-11,13-16H2,1H3,(H,28,30). The number of para-hydroxylation sites is 2. The SMILES string of the molecule is COc1ccccc1OCCN1CCC(C(=O)NC(c2ccc(Cl)cc2)c2ccsc2)CC1. The molecule has 33 heavy (non-hydrogen) atoms. The summed E-state index contributed by atoms with van der Waals surface area (Å²) in [4.78, 5) is 15.5. The van der Waals surface area contributed by atoms with Crippen LogP contribution in [0.3, 0.4) is 0 Å². The third-order valence-electron chi connectivity index (χ3n) is 6.06. The van der Waals surface area contributed by atoms with E-state index >= 15 is 0 Å². The Labute approximate surface area is 204 Å². The Morgan fingerprint density at radius 2 is 1.82 bits per heavy atom. The number of hydrogen-bond donors (Lipinski definition) is 1. The van der Waals surface area contributed by atoms with Crippen molar-refractivity contribution in [1.29, 1.82) is 0 Å². The monoisotopic (exact) mass is 484 g/mol. The maximum Gasteiger partial charge on any atom is 0.223 e. The van der Waals surface area contributed by atoms with E-state index in [-0.39, 0.29) is 17.9 Å². The summed E-state index contributed by atoms with van der Waals surface area (Å²) in [6, 6.07) is 17.3. The van der Waals surface area contributed by atoms with E-state index in [4.69, 9.17) is 21.1 Å². The zero-order valence-electron chi connectivity index (χ0n) is 18.7. The van der Waals surface area contributed by atoms with Gasteiger partial charge in [-0.15, -0.1) is 0 Å². The molecule has 5 nitrogen and oxygen atoms in total. The second kappa shape index (κ2) is 11.5. The van der Waals surface area contributed by atoms with Crippen LogP contribution in [0.15, 0.2) is 65.4 Å². The highest BCUT2D eigenvalue weighted by atomic mass is 35.5. The van der Waals surface area contributed by atoms with Gasteiger partial charge in [-0.05, 0) is 78.2 Å². The Morgan fingerprint density at radius 1 is 1.09 bits per heavy atom. The number of rotatable bonds is 9. The van der Waals surface area contributed by atoms with Crippen molar-refractivity contribution in [3.63, 3.8) is 0 Å². The fourth-order valence-electron chi connectivity index (χ4n) is 4.16. The van der Waals surface area contributed by atoms with E-state index in [9.17, 15) is 4.79 Å². The van der Waals surface area contributed by atoms with Crippen molar-refractivity contribution in [1.82, 2.24) is 10.2 Å². The third-order valence-corrected chi connectivity index (χ3v) is 7.01. The van der Waals surface area contributed by atoms with Gasteiger partial charge in [-0.3, -0.25) is 9.69 Å². The minimum atomic E-state index is -0.159. The quantitative estimate of drug-likeness (QED) is 0.441. The van der Waals surface area contributed by atoms with Gasteiger partial charge in [0, 0.05) is 17.5 Å². The van der Waals surface area contributed by atoms with Crippen LogP contribution in [0.1, 0.15) is 30.0 Å². The molecule has 0 saturated carbocycles. The molecule has 1 aromatic heterocycles. The summed E-state index contributed by atoms with van der Waals surface area (Å²) in [7, 11) is 1.65. The summed E-state index contributed by atoms with van der Waals surface area (Å²) in [5.74, 6) is 1.64. The van der Waals surface area contributed by atoms with Crippen LogP contribution in [0.5, 0.6) is 11.5 Å². The fourth-order valence-corrected chi connectivity index (χ4v) is 4.97. The lowest BCUT2D eigenvalue weighted by molar-refractivity contribution is -0.127. The van der Waals surface area contributed by atoms with Gasteiger partial charge >= 0.3 is 0 Å². The number of methoxy groups -OCH3 is 1. The number of nitrogens with zero attached hydrogens (tertiary/aromatic N) is 1. The molecule has 2 aromatic carbocycles. The van der Waals surface area contributed by atoms with E-state index in [1.165, 1.54) is 0 Å². The van der Waals surface area contributed by atoms with E-state index in [2.05, 4.69) is 21.7 Å². The molecule has 7 heteroatoms. The number of ether oxygens (including phenoxy) is 2. The first kappa shape index (κ1) is 23.6. The highest BCUT2D eigenvalue weighted by Gasteiger charge is 2.27. The number of amides is 1. The first-order valence-electron chi connectivity index (χ1n) is 11.2. The molecule has 0 spiro atoms. The lowest BCUT2D eigenvalue weighted by atomic mass is 9.94. The van der Waals surface area contributed by atoms with Gasteiger partial charge in [0.25, 0.3) is 0 Å². The highest BCUT2D eigenvalue weighted by Crippen LogP contribution is 2.28. The normalized spacial score (nSPS) is 15.7. The largest absolute Gasteiger partial charge is 0.493 e. The Hall–Kier alpha value is -2.54. The van der Waals surface area contributed by atoms with E-state index in [0.717, 1.165) is 55.1 Å². The molecule has 3 aromatic rings. The molecule has 1 fully saturated rings. The molecule has 0 radical (unpaired) electrons. The molecule has 1 unspecified atom stereocenters. The van der Waals surface area contributed by atoms with E-state index in [0.29, 0.717) is 11.6 Å². The predicted molar refractivity (Wildman–Crippen MR) is 133 cm³/mol. The zero-order chi connectivity index (χ0) is 23.0. The Bertz CT molecular complexity index is 1020. The minimum Gasteiger partial charge on any atom is -0.493 e. The molecule has 1 amide bonds. The van der Waals surface area contributed by atoms with Crippen molar-refractivity contribution in [3.05, 3.63) is 81.5 Å². The number of benzene rings is 2. The van der Waals surface area contributed by atoms with Crippen LogP contribution in [0.2, 0.25) is 5.02 Å². The molecular weight excluding hydrogens is 456 g/mol. The molecule has 1 N–H and O–H groups in total. The lowest BCUT2D eigenvalue weighted by Gasteiger charge is -2.32. The number of carbonyl (C=O) groups excluding carboxylic acids is 1. The first-order valence-corrected chi connectivity index (χ1v) is 12.5. The van der Waals surface area contributed by atoms with Crippen LogP contribution < -0.4 is 14.8 Å². The smallest absolute Gasteiger partial charge is 0.223 e. The first-order chi connectivity index (χ1) is 16.1. The maximum atomic E-state index is 13.1. The van der Waals surface area contributed by atoms with Gasteiger partial charge in [0.15, 0.2) is 11.5 Å². The van der Waals surface area contributed by atoms with Gasteiger partial charge in [-0.1, -0.05) is 35.9 Å². The molecule has 1 saturated heterocycles. The van der Waals surface area contributed by atoms with Crippen LogP contribution in [0.4, 0.5) is 0 Å². The zero-order valence-corrected chi connectivity index (χ0v) is 20.3. The number of nitrogens with one attached hydrogen (secondary N) is 1. The number of thiophene rings is 1. The summed E-state index contributed by atoms with van der Waals surface area (Å²) in [5, 5.41) is 8.10. The molecule has 1 aliphatic heterocycles. The molecule has 0 aliphatic carbocycles. The van der Waals surface area contributed by atoms with E-state index in [1.807, 2.05) is 53.9 Å². The van der Waals surface area contributed by atoms with E-state index in [1.54, 1.807) is 18.4 Å². The Morgan fingerprint density at radius 3 is 2.48 bits per heavy atom. The predicted octanol–water partition coefficient (Wildman–Crippen LogP) is 5.41. The summed E-state index contributed by atoms with van der Waals surface area (Å²) in [6.07, 6.45) is 1.69. The minimum absolute atomic E-state index is 0.0184. The number of halogens is 1. The molecule has 4 rings (SSSR count). The van der Waals surface area contributed by atoms with Crippen molar-refractivity contribution < 1.29 is 14.3 Å². The lowest BCUT2D eigenvalue weighted by Crippen LogP contribution is -2.42.